The first-order chi connectivity index (χ1) is 13.5. The molecule has 3 aliphatic heterocycles. The van der Waals surface area contributed by atoms with E-state index in [1.54, 1.807) is 18.2 Å². The molecule has 2 amide bonds. The fourth-order valence-corrected chi connectivity index (χ4v) is 3.45. The van der Waals surface area contributed by atoms with Gasteiger partial charge in [0.25, 0.3) is 11.6 Å². The number of fused-ring (bicyclic) bond motifs is 2. The molecule has 0 aliphatic carbocycles. The molecule has 1 saturated heterocycles. The number of nitro benzene ring substituents is 1. The smallest absolute Gasteiger partial charge is 0.278 e. The van der Waals surface area contributed by atoms with Crippen molar-refractivity contribution < 1.29 is 28.8 Å². The molecule has 0 N–H and O–H groups in total. The molecule has 0 bridgehead atoms. The standard InChI is InChI=1S/C18H11N3O7/c22-17-14-15(9-1-3-10(4-2-9)21(24)25)19-28-16(14)18(23)20(17)11-5-6-12-13(7-11)27-8-26-12/h1-7,14,16H,8H2. The topological polar surface area (TPSA) is 121 Å². The van der Waals surface area contributed by atoms with Crippen molar-refractivity contribution in [2.75, 3.05) is 11.7 Å². The van der Waals surface area contributed by atoms with Crippen molar-refractivity contribution in [3.63, 3.8) is 0 Å². The normalized spacial score (nSPS) is 22.1. The molecule has 3 aliphatic rings. The summed E-state index contributed by atoms with van der Waals surface area (Å²) in [4.78, 5) is 42.4. The molecule has 1 fully saturated rings. The number of hydrogen-bond acceptors (Lipinski definition) is 8. The van der Waals surface area contributed by atoms with Crippen molar-refractivity contribution in [3.05, 3.63) is 58.1 Å². The Morgan fingerprint density at radius 2 is 1.79 bits per heavy atom. The highest BCUT2D eigenvalue weighted by Gasteiger charge is 2.56. The maximum Gasteiger partial charge on any atom is 0.278 e. The average Bonchev–Trinajstić information content (AvgIpc) is 3.39. The van der Waals surface area contributed by atoms with E-state index in [2.05, 4.69) is 5.16 Å². The monoisotopic (exact) mass is 381 g/mol. The number of benzene rings is 2. The molecule has 2 unspecified atom stereocenters. The number of ether oxygens (including phenoxy) is 2. The third kappa shape index (κ3) is 2.24. The number of non-ortho nitro benzene ring substituents is 1. The van der Waals surface area contributed by atoms with E-state index in [1.807, 2.05) is 0 Å². The molecule has 5 rings (SSSR count). The van der Waals surface area contributed by atoms with Crippen LogP contribution in [0.25, 0.3) is 0 Å². The Kier molecular flexibility index (Phi) is 3.35. The fraction of sp³-hybridized carbons (Fsp3) is 0.167. The molecule has 10 heteroatoms. The molecule has 28 heavy (non-hydrogen) atoms. The molecule has 0 aromatic heterocycles. The SMILES string of the molecule is O=C1C2ON=C(c3ccc([N+](=O)[O-])cc3)C2C(=O)N1c1ccc2c(c1)OCO2. The van der Waals surface area contributed by atoms with Gasteiger partial charge < -0.3 is 14.3 Å². The lowest BCUT2D eigenvalue weighted by atomic mass is 9.94. The summed E-state index contributed by atoms with van der Waals surface area (Å²) >= 11 is 0. The lowest BCUT2D eigenvalue weighted by Crippen LogP contribution is -2.33. The molecular formula is C18H11N3O7. The van der Waals surface area contributed by atoms with Gasteiger partial charge in [0.2, 0.25) is 18.8 Å². The molecule has 2 atom stereocenters. The Morgan fingerprint density at radius 3 is 2.54 bits per heavy atom. The zero-order chi connectivity index (χ0) is 19.4. The van der Waals surface area contributed by atoms with Crippen LogP contribution in [0.15, 0.2) is 47.6 Å². The second-order valence-electron chi connectivity index (χ2n) is 6.33. The predicted molar refractivity (Wildman–Crippen MR) is 93.1 cm³/mol. The van der Waals surface area contributed by atoms with E-state index >= 15 is 0 Å². The van der Waals surface area contributed by atoms with Crippen molar-refractivity contribution >= 4 is 28.9 Å². The minimum absolute atomic E-state index is 0.0754. The predicted octanol–water partition coefficient (Wildman–Crippen LogP) is 1.62. The highest BCUT2D eigenvalue weighted by atomic mass is 16.7. The molecule has 0 radical (unpaired) electrons. The molecule has 0 spiro atoms. The number of hydrogen-bond donors (Lipinski definition) is 0. The number of imide groups is 1. The van der Waals surface area contributed by atoms with Crippen molar-refractivity contribution in [2.45, 2.75) is 6.10 Å². The van der Waals surface area contributed by atoms with Crippen molar-refractivity contribution in [1.82, 2.24) is 0 Å². The fourth-order valence-electron chi connectivity index (χ4n) is 3.45. The molecular weight excluding hydrogens is 370 g/mol. The Hall–Kier alpha value is -3.95. The number of nitro groups is 1. The van der Waals surface area contributed by atoms with E-state index in [0.717, 1.165) is 4.90 Å². The van der Waals surface area contributed by atoms with Crippen molar-refractivity contribution in [3.8, 4) is 11.5 Å². The number of nitrogens with zero attached hydrogens (tertiary/aromatic N) is 3. The van der Waals surface area contributed by atoms with Gasteiger partial charge in [0.1, 0.15) is 11.6 Å². The molecule has 2 aromatic carbocycles. The minimum Gasteiger partial charge on any atom is -0.454 e. The van der Waals surface area contributed by atoms with E-state index in [9.17, 15) is 19.7 Å². The van der Waals surface area contributed by atoms with Crippen LogP contribution in [0.1, 0.15) is 5.56 Å². The van der Waals surface area contributed by atoms with Crippen LogP contribution in [-0.2, 0) is 14.4 Å². The van der Waals surface area contributed by atoms with Gasteiger partial charge >= 0.3 is 0 Å². The molecule has 3 heterocycles. The van der Waals surface area contributed by atoms with E-state index in [1.165, 1.54) is 24.3 Å². The second kappa shape index (κ2) is 5.78. The number of oxime groups is 1. The highest BCUT2D eigenvalue weighted by molar-refractivity contribution is 6.32. The third-order valence-corrected chi connectivity index (χ3v) is 4.80. The first kappa shape index (κ1) is 16.2. The molecule has 2 aromatic rings. The van der Waals surface area contributed by atoms with Gasteiger partial charge in [-0.25, -0.2) is 4.90 Å². The van der Waals surface area contributed by atoms with Crippen LogP contribution in [0.4, 0.5) is 11.4 Å². The second-order valence-corrected chi connectivity index (χ2v) is 6.33. The summed E-state index contributed by atoms with van der Waals surface area (Å²) in [6.07, 6.45) is -1.07. The van der Waals surface area contributed by atoms with E-state index in [-0.39, 0.29) is 18.2 Å². The quantitative estimate of drug-likeness (QED) is 0.450. The first-order valence-electron chi connectivity index (χ1n) is 8.30. The van der Waals surface area contributed by atoms with Gasteiger partial charge in [-0.1, -0.05) is 5.16 Å². The van der Waals surface area contributed by atoms with Gasteiger partial charge in [-0.2, -0.15) is 0 Å². The Balaban J connectivity index is 1.47. The van der Waals surface area contributed by atoms with E-state index in [0.29, 0.717) is 22.7 Å². The molecule has 10 nitrogen and oxygen atoms in total. The van der Waals surface area contributed by atoms with Gasteiger partial charge in [0, 0.05) is 23.8 Å². The van der Waals surface area contributed by atoms with Crippen LogP contribution in [0.2, 0.25) is 0 Å². The first-order valence-corrected chi connectivity index (χ1v) is 8.30. The van der Waals surface area contributed by atoms with Crippen LogP contribution >= 0.6 is 0 Å². The van der Waals surface area contributed by atoms with Gasteiger partial charge in [-0.15, -0.1) is 0 Å². The summed E-state index contributed by atoms with van der Waals surface area (Å²) in [5.41, 5.74) is 1.00. The molecule has 0 saturated carbocycles. The number of rotatable bonds is 3. The summed E-state index contributed by atoms with van der Waals surface area (Å²) in [6.45, 7) is 0.0754. The Labute approximate surface area is 157 Å². The summed E-state index contributed by atoms with van der Waals surface area (Å²) in [5.74, 6) is -0.954. The van der Waals surface area contributed by atoms with Crippen LogP contribution < -0.4 is 14.4 Å². The summed E-state index contributed by atoms with van der Waals surface area (Å²) in [5, 5.41) is 14.7. The zero-order valence-corrected chi connectivity index (χ0v) is 14.1. The van der Waals surface area contributed by atoms with Crippen molar-refractivity contribution in [2.24, 2.45) is 11.1 Å². The van der Waals surface area contributed by atoms with Crippen LogP contribution in [-0.4, -0.2) is 35.3 Å². The van der Waals surface area contributed by atoms with Crippen LogP contribution in [0.3, 0.4) is 0 Å². The van der Waals surface area contributed by atoms with Gasteiger partial charge in [-0.3, -0.25) is 19.7 Å². The summed E-state index contributed by atoms with van der Waals surface area (Å²) in [6, 6.07) is 10.3. The van der Waals surface area contributed by atoms with Crippen molar-refractivity contribution in [1.29, 1.82) is 0 Å². The van der Waals surface area contributed by atoms with Gasteiger partial charge in [-0.05, 0) is 24.3 Å². The largest absolute Gasteiger partial charge is 0.454 e. The number of carbonyl (C=O) groups excluding carboxylic acids is 2. The summed E-state index contributed by atoms with van der Waals surface area (Å²) < 4.78 is 10.5. The zero-order valence-electron chi connectivity index (χ0n) is 14.1. The summed E-state index contributed by atoms with van der Waals surface area (Å²) in [7, 11) is 0. The maximum absolute atomic E-state index is 13.0. The van der Waals surface area contributed by atoms with E-state index in [4.69, 9.17) is 14.3 Å². The van der Waals surface area contributed by atoms with E-state index < -0.39 is 28.8 Å². The number of carbonyl (C=O) groups is 2. The average molecular weight is 381 g/mol. The van der Waals surface area contributed by atoms with Crippen LogP contribution in [0, 0.1) is 16.0 Å². The number of anilines is 1. The van der Waals surface area contributed by atoms with Gasteiger partial charge in [0.15, 0.2) is 11.5 Å². The molecule has 140 valence electrons. The Morgan fingerprint density at radius 1 is 1.04 bits per heavy atom. The lowest BCUT2D eigenvalue weighted by Gasteiger charge is -2.15. The lowest BCUT2D eigenvalue weighted by molar-refractivity contribution is -0.384. The van der Waals surface area contributed by atoms with Crippen LogP contribution in [0.5, 0.6) is 11.5 Å². The minimum atomic E-state index is -1.07. The number of amides is 2. The maximum atomic E-state index is 13.0. The third-order valence-electron chi connectivity index (χ3n) is 4.80. The highest BCUT2D eigenvalue weighted by Crippen LogP contribution is 2.40. The Bertz CT molecular complexity index is 1060. The van der Waals surface area contributed by atoms with Gasteiger partial charge in [0.05, 0.1) is 10.6 Å².